The third-order valence-corrected chi connectivity index (χ3v) is 6.65. The van der Waals surface area contributed by atoms with Crippen LogP contribution in [0.4, 0.5) is 4.39 Å². The lowest BCUT2D eigenvalue weighted by Crippen LogP contribution is -2.46. The molecule has 1 unspecified atom stereocenters. The number of carbonyl (C=O) groups is 4. The van der Waals surface area contributed by atoms with Crippen molar-refractivity contribution in [2.45, 2.75) is 19.1 Å². The zero-order valence-electron chi connectivity index (χ0n) is 23.4. The number of nitrogens with zero attached hydrogens (tertiary/aromatic N) is 3. The quantitative estimate of drug-likeness (QED) is 0.285. The minimum Gasteiger partial charge on any atom is -0.497 e. The summed E-state index contributed by atoms with van der Waals surface area (Å²) in [6.07, 6.45) is 0.794. The minimum absolute atomic E-state index is 0.106. The van der Waals surface area contributed by atoms with Crippen LogP contribution in [0.1, 0.15) is 60.5 Å². The van der Waals surface area contributed by atoms with E-state index < -0.39 is 52.9 Å². The number of hydrogen-bond donors (Lipinski definition) is 1. The van der Waals surface area contributed by atoms with Gasteiger partial charge in [0.1, 0.15) is 17.5 Å². The number of amides is 1. The number of halogens is 1. The highest BCUT2D eigenvalue weighted by atomic mass is 19.1. The molecule has 2 N–H and O–H groups in total. The highest BCUT2D eigenvalue weighted by Gasteiger charge is 2.26. The summed E-state index contributed by atoms with van der Waals surface area (Å²) in [4.78, 5) is 80.3. The maximum absolute atomic E-state index is 14.5. The Morgan fingerprint density at radius 3 is 2.33 bits per heavy atom. The van der Waals surface area contributed by atoms with E-state index in [4.69, 9.17) is 24.7 Å². The van der Waals surface area contributed by atoms with Gasteiger partial charge >= 0.3 is 17.6 Å². The summed E-state index contributed by atoms with van der Waals surface area (Å²) in [6.45, 7) is 0.316. The summed E-state index contributed by atoms with van der Waals surface area (Å²) in [7, 11) is 1.46. The van der Waals surface area contributed by atoms with Crippen LogP contribution in [0.5, 0.6) is 17.5 Å². The fraction of sp³-hybridized carbons (Fsp3) is 0.167. The van der Waals surface area contributed by atoms with Crippen molar-refractivity contribution in [1.29, 1.82) is 0 Å². The largest absolute Gasteiger partial charge is 0.497 e. The van der Waals surface area contributed by atoms with E-state index in [9.17, 15) is 33.2 Å². The highest BCUT2D eigenvalue weighted by molar-refractivity contribution is 6.00. The lowest BCUT2D eigenvalue weighted by atomic mass is 10.1. The Morgan fingerprint density at radius 2 is 1.67 bits per heavy atom. The minimum atomic E-state index is -1.48. The Bertz CT molecular complexity index is 1950. The summed E-state index contributed by atoms with van der Waals surface area (Å²) in [5.74, 6) is -5.97. The molecule has 2 aromatic carbocycles. The molecule has 0 bridgehead atoms. The maximum atomic E-state index is 14.5. The SMILES string of the molecule is COc1ccc(C(=O)Oc2ccc(C(N)=O)c(OC(=O)c3cccc(C(=O)n4c(=O)c(F)cn(C5CCCO5)c4=O)c3)n2)cc1. The van der Waals surface area contributed by atoms with Crippen LogP contribution in [0.25, 0.3) is 0 Å². The zero-order chi connectivity index (χ0) is 32.2. The molecule has 1 amide bonds. The normalized spacial score (nSPS) is 14.0. The van der Waals surface area contributed by atoms with Crippen molar-refractivity contribution < 1.29 is 42.5 Å². The molecule has 1 atom stereocenters. The number of rotatable bonds is 8. The number of esters is 2. The van der Waals surface area contributed by atoms with E-state index >= 15 is 0 Å². The fourth-order valence-electron chi connectivity index (χ4n) is 4.39. The molecule has 1 aliphatic rings. The molecule has 14 nitrogen and oxygen atoms in total. The Balaban J connectivity index is 1.40. The second-order valence-electron chi connectivity index (χ2n) is 9.54. The second kappa shape index (κ2) is 12.7. The topological polar surface area (TPSA) is 188 Å². The molecule has 15 heteroatoms. The van der Waals surface area contributed by atoms with Crippen LogP contribution in [0.3, 0.4) is 0 Å². The van der Waals surface area contributed by atoms with Gasteiger partial charge in [-0.3, -0.25) is 19.0 Å². The van der Waals surface area contributed by atoms with Gasteiger partial charge < -0.3 is 24.7 Å². The Kier molecular flexibility index (Phi) is 8.62. The first-order chi connectivity index (χ1) is 21.6. The van der Waals surface area contributed by atoms with Crippen molar-refractivity contribution in [1.82, 2.24) is 14.1 Å². The average molecular weight is 619 g/mol. The van der Waals surface area contributed by atoms with Crippen LogP contribution in [-0.2, 0) is 4.74 Å². The molecule has 0 aliphatic carbocycles. The summed E-state index contributed by atoms with van der Waals surface area (Å²) in [5.41, 5.74) is 1.99. The van der Waals surface area contributed by atoms with Crippen molar-refractivity contribution in [2.24, 2.45) is 5.73 Å². The predicted molar refractivity (Wildman–Crippen MR) is 151 cm³/mol. The summed E-state index contributed by atoms with van der Waals surface area (Å²) >= 11 is 0. The molecule has 1 aliphatic heterocycles. The van der Waals surface area contributed by atoms with Gasteiger partial charge in [-0.15, -0.1) is 0 Å². The molecule has 1 saturated heterocycles. The van der Waals surface area contributed by atoms with E-state index in [2.05, 4.69) is 4.98 Å². The lowest BCUT2D eigenvalue weighted by Gasteiger charge is -2.15. The number of pyridine rings is 1. The smallest absolute Gasteiger partial charge is 0.344 e. The molecule has 3 heterocycles. The number of ether oxygens (including phenoxy) is 4. The molecular formula is C30H23FN4O10. The first-order valence-electron chi connectivity index (χ1n) is 13.3. The van der Waals surface area contributed by atoms with Crippen molar-refractivity contribution in [3.8, 4) is 17.5 Å². The number of benzene rings is 2. The van der Waals surface area contributed by atoms with Gasteiger partial charge in [-0.25, -0.2) is 14.4 Å². The Morgan fingerprint density at radius 1 is 0.956 bits per heavy atom. The van der Waals surface area contributed by atoms with Gasteiger partial charge in [0.2, 0.25) is 17.6 Å². The molecule has 0 spiro atoms. The van der Waals surface area contributed by atoms with E-state index in [1.807, 2.05) is 0 Å². The molecule has 1 fully saturated rings. The fourth-order valence-corrected chi connectivity index (χ4v) is 4.39. The van der Waals surface area contributed by atoms with Gasteiger partial charge in [0, 0.05) is 18.2 Å². The number of primary amides is 1. The molecule has 5 rings (SSSR count). The molecule has 2 aromatic heterocycles. The second-order valence-corrected chi connectivity index (χ2v) is 9.54. The van der Waals surface area contributed by atoms with Gasteiger partial charge in [-0.2, -0.15) is 13.9 Å². The van der Waals surface area contributed by atoms with Crippen LogP contribution in [0, 0.1) is 5.82 Å². The van der Waals surface area contributed by atoms with E-state index in [1.54, 1.807) is 0 Å². The third-order valence-electron chi connectivity index (χ3n) is 6.65. The van der Waals surface area contributed by atoms with E-state index in [-0.39, 0.29) is 32.7 Å². The van der Waals surface area contributed by atoms with Crippen molar-refractivity contribution in [3.05, 3.63) is 116 Å². The molecule has 4 aromatic rings. The molecule has 45 heavy (non-hydrogen) atoms. The summed E-state index contributed by atoms with van der Waals surface area (Å²) < 4.78 is 36.3. The van der Waals surface area contributed by atoms with E-state index in [1.165, 1.54) is 49.6 Å². The lowest BCUT2D eigenvalue weighted by molar-refractivity contribution is 0.0500. The van der Waals surface area contributed by atoms with Crippen molar-refractivity contribution >= 4 is 23.8 Å². The number of carbonyl (C=O) groups excluding carboxylic acids is 4. The third kappa shape index (κ3) is 6.37. The van der Waals surface area contributed by atoms with Crippen LogP contribution >= 0.6 is 0 Å². The van der Waals surface area contributed by atoms with Gasteiger partial charge in [0.25, 0.3) is 17.4 Å². The Hall–Kier alpha value is -5.96. The Labute approximate surface area is 252 Å². The summed E-state index contributed by atoms with van der Waals surface area (Å²) in [6, 6.07) is 12.9. The van der Waals surface area contributed by atoms with Crippen LogP contribution in [0.2, 0.25) is 0 Å². The zero-order valence-corrected chi connectivity index (χ0v) is 23.4. The number of hydrogen-bond acceptors (Lipinski definition) is 11. The molecule has 230 valence electrons. The maximum Gasteiger partial charge on any atom is 0.344 e. The van der Waals surface area contributed by atoms with Gasteiger partial charge in [-0.1, -0.05) is 6.07 Å². The van der Waals surface area contributed by atoms with Crippen molar-refractivity contribution in [3.63, 3.8) is 0 Å². The number of aromatic nitrogens is 3. The van der Waals surface area contributed by atoms with Gasteiger partial charge in [0.15, 0.2) is 0 Å². The van der Waals surface area contributed by atoms with Crippen LogP contribution in [0.15, 0.2) is 76.4 Å². The van der Waals surface area contributed by atoms with Gasteiger partial charge in [-0.05, 0) is 61.4 Å². The summed E-state index contributed by atoms with van der Waals surface area (Å²) in [5, 5.41) is 0. The molecular weight excluding hydrogens is 595 g/mol. The average Bonchev–Trinajstić information content (AvgIpc) is 3.58. The first kappa shape index (κ1) is 30.5. The molecule has 0 saturated carbocycles. The van der Waals surface area contributed by atoms with Gasteiger partial charge in [0.05, 0.1) is 24.4 Å². The predicted octanol–water partition coefficient (Wildman–Crippen LogP) is 2.09. The highest BCUT2D eigenvalue weighted by Crippen LogP contribution is 2.23. The van der Waals surface area contributed by atoms with Crippen molar-refractivity contribution in [2.75, 3.05) is 13.7 Å². The standard InChI is InChI=1S/C30H23FN4O10/c1-42-19-9-7-16(8-10-19)28(39)44-22-12-11-20(24(32)36)25(33-22)45-29(40)18-5-2-4-17(14-18)26(37)35-27(38)21(31)15-34(30(35)41)23-6-3-13-43-23/h2,4-5,7-12,14-15,23H,3,6,13H2,1H3,(H2,32,36). The number of methoxy groups -OCH3 is 1. The van der Waals surface area contributed by atoms with E-state index in [0.29, 0.717) is 31.4 Å². The first-order valence-corrected chi connectivity index (χ1v) is 13.3. The van der Waals surface area contributed by atoms with Crippen LogP contribution < -0.4 is 31.2 Å². The van der Waals surface area contributed by atoms with E-state index in [0.717, 1.165) is 22.8 Å². The van der Waals surface area contributed by atoms with Crippen LogP contribution in [-0.4, -0.2) is 51.6 Å². The number of nitrogens with two attached hydrogens (primary N) is 1. The monoisotopic (exact) mass is 618 g/mol. The molecule has 0 radical (unpaired) electrons.